The molecule has 0 atom stereocenters. The van der Waals surface area contributed by atoms with Crippen LogP contribution in [-0.2, 0) is 5.41 Å². The smallest absolute Gasteiger partial charge is 0.195 e. The highest BCUT2D eigenvalue weighted by Crippen LogP contribution is 2.46. The summed E-state index contributed by atoms with van der Waals surface area (Å²) in [6.07, 6.45) is 1.36. The van der Waals surface area contributed by atoms with Crippen LogP contribution in [0.4, 0.5) is 0 Å². The molecule has 0 saturated carbocycles. The highest BCUT2D eigenvalue weighted by molar-refractivity contribution is 9.10. The van der Waals surface area contributed by atoms with Crippen LogP contribution in [0.15, 0.2) is 47.6 Å². The number of fused-ring (bicyclic) bond motifs is 4. The van der Waals surface area contributed by atoms with Crippen LogP contribution in [0.2, 0.25) is 0 Å². The van der Waals surface area contributed by atoms with E-state index in [1.807, 2.05) is 18.2 Å². The van der Waals surface area contributed by atoms with Crippen LogP contribution in [0.3, 0.4) is 0 Å². The van der Waals surface area contributed by atoms with Crippen LogP contribution in [0, 0.1) is 11.3 Å². The van der Waals surface area contributed by atoms with E-state index < -0.39 is 5.41 Å². The third kappa shape index (κ3) is 2.16. The highest BCUT2D eigenvalue weighted by atomic mass is 79.9. The van der Waals surface area contributed by atoms with Crippen LogP contribution in [0.5, 0.6) is 5.75 Å². The SMILES string of the molecule is C=COc1cc2c(cc1Br)C(=O)c1c([nH]c3cc(C#N)ccc13)C2(C)C. The molecule has 1 N–H and O–H groups in total. The Bertz CT molecular complexity index is 1150. The highest BCUT2D eigenvalue weighted by Gasteiger charge is 2.40. The average molecular weight is 407 g/mol. The molecule has 0 fully saturated rings. The van der Waals surface area contributed by atoms with Crippen LogP contribution in [-0.4, -0.2) is 10.8 Å². The maximum atomic E-state index is 13.3. The molecule has 4 nitrogen and oxygen atoms in total. The Morgan fingerprint density at radius 1 is 1.31 bits per heavy atom. The van der Waals surface area contributed by atoms with Crippen molar-refractivity contribution in [2.75, 3.05) is 0 Å². The summed E-state index contributed by atoms with van der Waals surface area (Å²) in [5.41, 5.74) is 3.99. The molecule has 1 heterocycles. The second-order valence-electron chi connectivity index (χ2n) is 6.81. The van der Waals surface area contributed by atoms with Gasteiger partial charge in [-0.2, -0.15) is 5.26 Å². The van der Waals surface area contributed by atoms with Crippen LogP contribution in [0.25, 0.3) is 10.9 Å². The summed E-state index contributed by atoms with van der Waals surface area (Å²) in [7, 11) is 0. The van der Waals surface area contributed by atoms with Gasteiger partial charge in [0.2, 0.25) is 0 Å². The van der Waals surface area contributed by atoms with E-state index in [2.05, 4.69) is 47.4 Å². The summed E-state index contributed by atoms with van der Waals surface area (Å²) in [5, 5.41) is 9.99. The number of hydrogen-bond donors (Lipinski definition) is 1. The lowest BCUT2D eigenvalue weighted by Gasteiger charge is -2.32. The van der Waals surface area contributed by atoms with Crippen molar-refractivity contribution in [2.24, 2.45) is 0 Å². The van der Waals surface area contributed by atoms with Gasteiger partial charge in [-0.15, -0.1) is 0 Å². The van der Waals surface area contributed by atoms with E-state index in [9.17, 15) is 4.79 Å². The van der Waals surface area contributed by atoms with Crippen molar-refractivity contribution < 1.29 is 9.53 Å². The van der Waals surface area contributed by atoms with Crippen molar-refractivity contribution in [1.29, 1.82) is 5.26 Å². The molecule has 4 rings (SSSR count). The molecule has 1 aliphatic carbocycles. The molecule has 0 saturated heterocycles. The van der Waals surface area contributed by atoms with Gasteiger partial charge >= 0.3 is 0 Å². The number of carbonyl (C=O) groups is 1. The maximum absolute atomic E-state index is 13.3. The summed E-state index contributed by atoms with van der Waals surface area (Å²) in [6.45, 7) is 7.74. The summed E-state index contributed by atoms with van der Waals surface area (Å²) >= 11 is 3.47. The van der Waals surface area contributed by atoms with Crippen molar-refractivity contribution in [1.82, 2.24) is 4.98 Å². The van der Waals surface area contributed by atoms with Crippen LogP contribution < -0.4 is 4.74 Å². The predicted octanol–water partition coefficient (Wildman–Crippen LogP) is 5.19. The second kappa shape index (κ2) is 5.58. The Hall–Kier alpha value is -2.84. The normalized spacial score (nSPS) is 14.5. The Labute approximate surface area is 159 Å². The second-order valence-corrected chi connectivity index (χ2v) is 7.67. The number of carbonyl (C=O) groups excluding carboxylic acids is 1. The first kappa shape index (κ1) is 16.6. The minimum Gasteiger partial charge on any atom is -0.464 e. The lowest BCUT2D eigenvalue weighted by Crippen LogP contribution is -2.30. The fourth-order valence-electron chi connectivity index (χ4n) is 3.68. The van der Waals surface area contributed by atoms with Crippen LogP contribution >= 0.6 is 15.9 Å². The fraction of sp³-hybridized carbons (Fsp3) is 0.143. The average Bonchev–Trinajstić information content (AvgIpc) is 3.01. The minimum atomic E-state index is -0.426. The molecule has 0 unspecified atom stereocenters. The number of rotatable bonds is 2. The van der Waals surface area contributed by atoms with Crippen molar-refractivity contribution in [3.8, 4) is 11.8 Å². The molecule has 0 bridgehead atoms. The molecule has 26 heavy (non-hydrogen) atoms. The van der Waals surface area contributed by atoms with Crippen molar-refractivity contribution in [3.05, 3.63) is 75.6 Å². The van der Waals surface area contributed by atoms with Crippen LogP contribution in [0.1, 0.15) is 46.6 Å². The first-order valence-electron chi connectivity index (χ1n) is 8.11. The fourth-order valence-corrected chi connectivity index (χ4v) is 4.12. The van der Waals surface area contributed by atoms with E-state index in [0.29, 0.717) is 26.9 Å². The zero-order chi connectivity index (χ0) is 18.6. The van der Waals surface area contributed by atoms with Gasteiger partial charge in [0.25, 0.3) is 0 Å². The molecule has 0 radical (unpaired) electrons. The van der Waals surface area contributed by atoms with Crippen molar-refractivity contribution in [2.45, 2.75) is 19.3 Å². The number of aromatic amines is 1. The summed E-state index contributed by atoms with van der Waals surface area (Å²) in [5.74, 6) is 0.585. The topological polar surface area (TPSA) is 65.9 Å². The summed E-state index contributed by atoms with van der Waals surface area (Å²) < 4.78 is 6.17. The largest absolute Gasteiger partial charge is 0.464 e. The molecular weight excluding hydrogens is 392 g/mol. The lowest BCUT2D eigenvalue weighted by molar-refractivity contribution is 0.103. The monoisotopic (exact) mass is 406 g/mol. The molecule has 5 heteroatoms. The molecule has 3 aromatic rings. The minimum absolute atomic E-state index is 0.0314. The predicted molar refractivity (Wildman–Crippen MR) is 104 cm³/mol. The summed E-state index contributed by atoms with van der Waals surface area (Å²) in [4.78, 5) is 16.7. The Morgan fingerprint density at radius 2 is 2.08 bits per heavy atom. The first-order valence-corrected chi connectivity index (χ1v) is 8.90. The van der Waals surface area contributed by atoms with Gasteiger partial charge in [0.05, 0.1) is 27.9 Å². The molecular formula is C21H15BrN2O2. The number of hydrogen-bond acceptors (Lipinski definition) is 3. The van der Waals surface area contributed by atoms with Gasteiger partial charge in [-0.1, -0.05) is 26.5 Å². The van der Waals surface area contributed by atoms with Gasteiger partial charge < -0.3 is 9.72 Å². The van der Waals surface area contributed by atoms with Gasteiger partial charge in [0.15, 0.2) is 5.78 Å². The number of aromatic nitrogens is 1. The van der Waals surface area contributed by atoms with Gasteiger partial charge in [0, 0.05) is 27.6 Å². The number of ether oxygens (including phenoxy) is 1. The van der Waals surface area contributed by atoms with Gasteiger partial charge in [-0.25, -0.2) is 0 Å². The van der Waals surface area contributed by atoms with Gasteiger partial charge in [0.1, 0.15) is 5.75 Å². The number of nitrogens with zero attached hydrogens (tertiary/aromatic N) is 1. The van der Waals surface area contributed by atoms with E-state index in [0.717, 1.165) is 22.2 Å². The first-order chi connectivity index (χ1) is 12.4. The Balaban J connectivity index is 2.04. The number of nitriles is 1. The molecule has 1 aromatic heterocycles. The maximum Gasteiger partial charge on any atom is 0.195 e. The molecule has 2 aromatic carbocycles. The lowest BCUT2D eigenvalue weighted by atomic mass is 9.71. The third-order valence-corrected chi connectivity index (χ3v) is 5.60. The van der Waals surface area contributed by atoms with E-state index >= 15 is 0 Å². The Morgan fingerprint density at radius 3 is 2.77 bits per heavy atom. The van der Waals surface area contributed by atoms with Gasteiger partial charge in [-0.3, -0.25) is 4.79 Å². The van der Waals surface area contributed by atoms with Crippen molar-refractivity contribution >= 4 is 32.6 Å². The zero-order valence-corrected chi connectivity index (χ0v) is 15.9. The number of benzene rings is 2. The third-order valence-electron chi connectivity index (χ3n) is 4.98. The van der Waals surface area contributed by atoms with E-state index in [4.69, 9.17) is 10.00 Å². The Kier molecular flexibility index (Phi) is 3.57. The van der Waals surface area contributed by atoms with E-state index in [1.165, 1.54) is 6.26 Å². The zero-order valence-electron chi connectivity index (χ0n) is 14.3. The molecule has 1 aliphatic rings. The summed E-state index contributed by atoms with van der Waals surface area (Å²) in [6, 6.07) is 11.2. The standard InChI is InChI=1S/C21H15BrN2O2/c1-4-26-17-9-14-13(8-15(17)22)19(25)18-12-6-5-11(10-23)7-16(12)24-20(18)21(14,2)3/h4-9,24H,1H2,2-3H3. The van der Waals surface area contributed by atoms with E-state index in [1.54, 1.807) is 12.1 Å². The molecule has 0 aliphatic heterocycles. The molecule has 0 amide bonds. The number of nitrogens with one attached hydrogen (secondary N) is 1. The number of H-pyrrole nitrogens is 1. The van der Waals surface area contributed by atoms with Gasteiger partial charge in [-0.05, 0) is 45.8 Å². The molecule has 0 spiro atoms. The van der Waals surface area contributed by atoms with E-state index in [-0.39, 0.29) is 5.78 Å². The number of halogens is 1. The molecule has 128 valence electrons. The van der Waals surface area contributed by atoms with Crippen molar-refractivity contribution in [3.63, 3.8) is 0 Å². The quantitative estimate of drug-likeness (QED) is 0.595. The number of ketones is 1.